The first-order chi connectivity index (χ1) is 11.5. The van der Waals surface area contributed by atoms with E-state index >= 15 is 0 Å². The van der Waals surface area contributed by atoms with Crippen molar-refractivity contribution in [3.05, 3.63) is 29.8 Å². The van der Waals surface area contributed by atoms with Crippen LogP contribution < -0.4 is 10.6 Å². The normalized spacial score (nSPS) is 12.7. The van der Waals surface area contributed by atoms with E-state index in [1.54, 1.807) is 7.05 Å². The number of quaternary nitrogens is 1. The predicted octanol–water partition coefficient (Wildman–Crippen LogP) is 4.42. The van der Waals surface area contributed by atoms with Crippen LogP contribution in [0.4, 0.5) is 10.5 Å². The van der Waals surface area contributed by atoms with Gasteiger partial charge in [0.05, 0.1) is 25.7 Å². The molecule has 136 valence electrons. The van der Waals surface area contributed by atoms with Crippen LogP contribution in [0.1, 0.15) is 52.5 Å². The maximum Gasteiger partial charge on any atom is 0.318 e. The van der Waals surface area contributed by atoms with Crippen LogP contribution in [0.2, 0.25) is 0 Å². The van der Waals surface area contributed by atoms with Gasteiger partial charge in [-0.1, -0.05) is 32.9 Å². The predicted molar refractivity (Wildman–Crippen MR) is 103 cm³/mol. The molecule has 1 rings (SSSR count). The summed E-state index contributed by atoms with van der Waals surface area (Å²) in [7, 11) is 1.63. The van der Waals surface area contributed by atoms with Crippen LogP contribution in [0.15, 0.2) is 24.3 Å². The molecule has 0 aliphatic carbocycles. The smallest absolute Gasteiger partial charge is 0.318 e. The number of nitrogens with one attached hydrogen (secondary N) is 2. The first-order valence-corrected chi connectivity index (χ1v) is 9.44. The van der Waals surface area contributed by atoms with Crippen molar-refractivity contribution in [2.24, 2.45) is 0 Å². The van der Waals surface area contributed by atoms with E-state index in [1.807, 2.05) is 12.1 Å². The molecule has 0 fully saturated rings. The minimum absolute atomic E-state index is 0.172. The summed E-state index contributed by atoms with van der Waals surface area (Å²) in [5, 5.41) is 5.45. The van der Waals surface area contributed by atoms with Crippen molar-refractivity contribution in [2.45, 2.75) is 59.4 Å². The third kappa shape index (κ3) is 5.82. The largest absolute Gasteiger partial charge is 0.341 e. The molecule has 1 aromatic carbocycles. The van der Waals surface area contributed by atoms with Crippen LogP contribution in [0.3, 0.4) is 0 Å². The van der Waals surface area contributed by atoms with Crippen molar-refractivity contribution < 1.29 is 9.28 Å². The van der Waals surface area contributed by atoms with Crippen molar-refractivity contribution in [3.8, 4) is 0 Å². The Morgan fingerprint density at radius 3 is 2.33 bits per heavy atom. The fraction of sp³-hybridized carbons (Fsp3) is 0.650. The second-order valence-electron chi connectivity index (χ2n) is 6.80. The third-order valence-electron chi connectivity index (χ3n) is 5.12. The average Bonchev–Trinajstić information content (AvgIpc) is 2.59. The van der Waals surface area contributed by atoms with Gasteiger partial charge in [0.2, 0.25) is 0 Å². The molecule has 24 heavy (non-hydrogen) atoms. The molecule has 1 unspecified atom stereocenters. The molecule has 1 aromatic rings. The van der Waals surface area contributed by atoms with E-state index in [1.165, 1.54) is 48.9 Å². The Kier molecular flexibility index (Phi) is 8.83. The second kappa shape index (κ2) is 10.3. The van der Waals surface area contributed by atoms with Gasteiger partial charge in [0.1, 0.15) is 0 Å². The zero-order valence-corrected chi connectivity index (χ0v) is 16.2. The molecule has 4 heteroatoms. The minimum Gasteiger partial charge on any atom is -0.341 e. The fourth-order valence-electron chi connectivity index (χ4n) is 3.62. The van der Waals surface area contributed by atoms with E-state index in [0.29, 0.717) is 6.04 Å². The van der Waals surface area contributed by atoms with Crippen molar-refractivity contribution >= 4 is 11.7 Å². The van der Waals surface area contributed by atoms with Crippen molar-refractivity contribution in [3.63, 3.8) is 0 Å². The number of urea groups is 1. The van der Waals surface area contributed by atoms with E-state index < -0.39 is 0 Å². The fourth-order valence-corrected chi connectivity index (χ4v) is 3.62. The van der Waals surface area contributed by atoms with E-state index in [0.717, 1.165) is 12.1 Å². The van der Waals surface area contributed by atoms with Gasteiger partial charge < -0.3 is 15.1 Å². The first-order valence-electron chi connectivity index (χ1n) is 9.44. The number of hydrogen-bond acceptors (Lipinski definition) is 1. The molecule has 0 saturated heterocycles. The SMILES string of the molecule is CCC[N+](CCC)(CCc1cccc(NC(=O)NC)c1)C(C)CC. The molecule has 2 amide bonds. The quantitative estimate of drug-likeness (QED) is 0.611. The lowest BCUT2D eigenvalue weighted by Gasteiger charge is -2.43. The van der Waals surface area contributed by atoms with Crippen molar-refractivity contribution in [1.82, 2.24) is 5.32 Å². The molecule has 0 aromatic heterocycles. The lowest BCUT2D eigenvalue weighted by atomic mass is 10.0. The first kappa shape index (κ1) is 20.5. The number of benzene rings is 1. The van der Waals surface area contributed by atoms with Crippen LogP contribution in [-0.4, -0.2) is 43.2 Å². The summed E-state index contributed by atoms with van der Waals surface area (Å²) in [6.07, 6.45) is 4.72. The van der Waals surface area contributed by atoms with Gasteiger partial charge in [0.15, 0.2) is 0 Å². The number of anilines is 1. The number of nitrogens with zero attached hydrogens (tertiary/aromatic N) is 1. The van der Waals surface area contributed by atoms with Gasteiger partial charge in [-0.25, -0.2) is 4.79 Å². The zero-order chi connectivity index (χ0) is 18.0. The Morgan fingerprint density at radius 1 is 1.12 bits per heavy atom. The second-order valence-corrected chi connectivity index (χ2v) is 6.80. The molecule has 0 aliphatic heterocycles. The van der Waals surface area contributed by atoms with Crippen LogP contribution in [0.5, 0.6) is 0 Å². The summed E-state index contributed by atoms with van der Waals surface area (Å²) in [4.78, 5) is 11.5. The molecule has 0 bridgehead atoms. The monoisotopic (exact) mass is 334 g/mol. The van der Waals surface area contributed by atoms with E-state index in [2.05, 4.69) is 50.5 Å². The average molecular weight is 335 g/mol. The molecule has 0 heterocycles. The van der Waals surface area contributed by atoms with Gasteiger partial charge >= 0.3 is 6.03 Å². The number of carbonyl (C=O) groups is 1. The Labute approximate surface area is 148 Å². The number of hydrogen-bond donors (Lipinski definition) is 2. The highest BCUT2D eigenvalue weighted by Crippen LogP contribution is 2.21. The maximum atomic E-state index is 11.5. The molecule has 0 radical (unpaired) electrons. The molecule has 1 atom stereocenters. The molecule has 4 nitrogen and oxygen atoms in total. The summed E-state index contributed by atoms with van der Waals surface area (Å²) < 4.78 is 1.20. The van der Waals surface area contributed by atoms with Crippen molar-refractivity contribution in [2.75, 3.05) is 32.0 Å². The molecule has 0 saturated carbocycles. The number of amides is 2. The van der Waals surface area contributed by atoms with E-state index in [4.69, 9.17) is 0 Å². The van der Waals surface area contributed by atoms with E-state index in [-0.39, 0.29) is 6.03 Å². The molecule has 0 spiro atoms. The minimum atomic E-state index is -0.172. The van der Waals surface area contributed by atoms with Gasteiger partial charge in [-0.15, -0.1) is 0 Å². The zero-order valence-electron chi connectivity index (χ0n) is 16.2. The van der Waals surface area contributed by atoms with Gasteiger partial charge in [-0.3, -0.25) is 0 Å². The Balaban J connectivity index is 2.85. The highest BCUT2D eigenvalue weighted by molar-refractivity contribution is 5.89. The van der Waals surface area contributed by atoms with Crippen molar-refractivity contribution in [1.29, 1.82) is 0 Å². The molecular weight excluding hydrogens is 298 g/mol. The van der Waals surface area contributed by atoms with Gasteiger partial charge in [-0.05, 0) is 43.9 Å². The molecular formula is C20H36N3O+. The number of carbonyl (C=O) groups excluding carboxylic acids is 1. The lowest BCUT2D eigenvalue weighted by Crippen LogP contribution is -2.56. The van der Waals surface area contributed by atoms with Crippen LogP contribution >= 0.6 is 0 Å². The van der Waals surface area contributed by atoms with Gasteiger partial charge in [0, 0.05) is 19.2 Å². The molecule has 2 N–H and O–H groups in total. The van der Waals surface area contributed by atoms with E-state index in [9.17, 15) is 4.79 Å². The summed E-state index contributed by atoms with van der Waals surface area (Å²) in [6.45, 7) is 12.9. The lowest BCUT2D eigenvalue weighted by molar-refractivity contribution is -0.949. The summed E-state index contributed by atoms with van der Waals surface area (Å²) in [5.41, 5.74) is 2.15. The Bertz CT molecular complexity index is 495. The summed E-state index contributed by atoms with van der Waals surface area (Å²) in [6, 6.07) is 8.74. The third-order valence-corrected chi connectivity index (χ3v) is 5.12. The van der Waals surface area contributed by atoms with Gasteiger partial charge in [0.25, 0.3) is 0 Å². The number of rotatable bonds is 10. The van der Waals surface area contributed by atoms with Crippen LogP contribution in [0.25, 0.3) is 0 Å². The standard InChI is InChI=1S/C20H35N3O/c1-6-13-23(14-7-2,17(4)8-3)15-12-18-10-9-11-19(16-18)22-20(24)21-5/h9-11,16-17H,6-8,12-15H2,1-5H3,(H-,21,22,24)/p+1. The Morgan fingerprint density at radius 2 is 1.79 bits per heavy atom. The topological polar surface area (TPSA) is 41.1 Å². The van der Waals surface area contributed by atoms with Gasteiger partial charge in [-0.2, -0.15) is 0 Å². The highest BCUT2D eigenvalue weighted by Gasteiger charge is 2.30. The molecule has 0 aliphatic rings. The van der Waals surface area contributed by atoms with Crippen LogP contribution in [0, 0.1) is 0 Å². The van der Waals surface area contributed by atoms with Crippen LogP contribution in [-0.2, 0) is 6.42 Å². The Hall–Kier alpha value is -1.55. The highest BCUT2D eigenvalue weighted by atomic mass is 16.2. The summed E-state index contributed by atoms with van der Waals surface area (Å²) in [5.74, 6) is 0. The summed E-state index contributed by atoms with van der Waals surface area (Å²) >= 11 is 0. The maximum absolute atomic E-state index is 11.5.